The molecule has 0 unspecified atom stereocenters. The third-order valence-corrected chi connectivity index (χ3v) is 8.33. The lowest BCUT2D eigenvalue weighted by molar-refractivity contribution is -0.152. The van der Waals surface area contributed by atoms with E-state index in [0.717, 1.165) is 11.3 Å². The summed E-state index contributed by atoms with van der Waals surface area (Å²) >= 11 is 12.5. The van der Waals surface area contributed by atoms with Crippen molar-refractivity contribution in [2.75, 3.05) is 36.6 Å². The van der Waals surface area contributed by atoms with Crippen LogP contribution < -0.4 is 19.3 Å². The van der Waals surface area contributed by atoms with E-state index in [-0.39, 0.29) is 31.2 Å². The smallest absolute Gasteiger partial charge is 0.313 e. The number of carbonyl (C=O) groups is 2. The Balaban J connectivity index is 1.35. The third-order valence-electron chi connectivity index (χ3n) is 7.78. The van der Waals surface area contributed by atoms with Crippen LogP contribution in [0.1, 0.15) is 30.4 Å². The number of carboxylic acids is 1. The zero-order valence-corrected chi connectivity index (χ0v) is 23.5. The molecule has 5 rings (SSSR count). The summed E-state index contributed by atoms with van der Waals surface area (Å²) in [5, 5.41) is 11.3. The number of halogens is 3. The lowest BCUT2D eigenvalue weighted by Crippen LogP contribution is -2.48. The lowest BCUT2D eigenvalue weighted by Gasteiger charge is -2.40. The van der Waals surface area contributed by atoms with Crippen molar-refractivity contribution in [3.05, 3.63) is 81.6 Å². The van der Waals surface area contributed by atoms with Crippen molar-refractivity contribution < 1.29 is 28.6 Å². The highest BCUT2D eigenvalue weighted by atomic mass is 35.5. The fraction of sp³-hybridized carbons (Fsp3) is 0.333. The van der Waals surface area contributed by atoms with E-state index in [1.807, 2.05) is 17.0 Å². The van der Waals surface area contributed by atoms with Crippen molar-refractivity contribution in [2.24, 2.45) is 5.41 Å². The van der Waals surface area contributed by atoms with Gasteiger partial charge in [0.25, 0.3) is 0 Å². The molecule has 10 heteroatoms. The highest BCUT2D eigenvalue weighted by Gasteiger charge is 2.43. The summed E-state index contributed by atoms with van der Waals surface area (Å²) in [6.45, 7) is 1.03. The Kier molecular flexibility index (Phi) is 8.10. The lowest BCUT2D eigenvalue weighted by atomic mass is 9.79. The summed E-state index contributed by atoms with van der Waals surface area (Å²) in [5.41, 5.74) is 1.21. The number of hydrogen-bond acceptors (Lipinski definition) is 5. The number of fused-ring (bicyclic) bond motifs is 1. The van der Waals surface area contributed by atoms with E-state index < -0.39 is 17.2 Å². The van der Waals surface area contributed by atoms with E-state index in [9.17, 15) is 14.7 Å². The molecule has 3 aromatic rings. The predicted octanol–water partition coefficient (Wildman–Crippen LogP) is 6.37. The summed E-state index contributed by atoms with van der Waals surface area (Å²) in [6, 6.07) is 15.2. The molecule has 210 valence electrons. The zero-order valence-electron chi connectivity index (χ0n) is 22.0. The number of benzene rings is 3. The van der Waals surface area contributed by atoms with Crippen LogP contribution in [0.25, 0.3) is 0 Å². The minimum Gasteiger partial charge on any atom is -0.497 e. The van der Waals surface area contributed by atoms with Gasteiger partial charge in [-0.1, -0.05) is 35.3 Å². The summed E-state index contributed by atoms with van der Waals surface area (Å²) in [5.74, 6) is -0.581. The van der Waals surface area contributed by atoms with E-state index in [0.29, 0.717) is 59.5 Å². The van der Waals surface area contributed by atoms with Crippen LogP contribution in [0.5, 0.6) is 11.5 Å². The van der Waals surface area contributed by atoms with Crippen molar-refractivity contribution in [1.29, 1.82) is 0 Å². The number of carboxylic acid groups (broad SMARTS) is 1. The molecular formula is C30H29Cl2FN2O5. The molecule has 0 bridgehead atoms. The molecule has 3 aromatic carbocycles. The summed E-state index contributed by atoms with van der Waals surface area (Å²) < 4.78 is 26.5. The second kappa shape index (κ2) is 11.6. The van der Waals surface area contributed by atoms with Crippen LogP contribution in [0.15, 0.2) is 54.6 Å². The number of nitrogens with zero attached hydrogens (tertiary/aromatic N) is 2. The second-order valence-electron chi connectivity index (χ2n) is 10.2. The molecule has 2 aliphatic rings. The number of amides is 1. The monoisotopic (exact) mass is 586 g/mol. The topological polar surface area (TPSA) is 79.3 Å². The standard InChI is InChI=1S/C30H29Cl2FN2O5/c1-39-21-5-2-19(3-6-21)17-35-27(36)11-7-22-26(10-9-24(33)28(22)35)40-18-30(29(37)38)12-14-34(15-13-30)25-16-20(31)4-8-23(25)32/h2-6,8-10,16H,7,11-15,17-18H2,1H3,(H,37,38). The van der Waals surface area contributed by atoms with Gasteiger partial charge >= 0.3 is 5.97 Å². The van der Waals surface area contributed by atoms with Gasteiger partial charge in [-0.15, -0.1) is 0 Å². The average molecular weight is 587 g/mol. The molecular weight excluding hydrogens is 558 g/mol. The number of methoxy groups -OCH3 is 1. The number of carbonyl (C=O) groups excluding carboxylic acids is 1. The van der Waals surface area contributed by atoms with E-state index in [1.165, 1.54) is 17.0 Å². The first-order chi connectivity index (χ1) is 19.2. The average Bonchev–Trinajstić information content (AvgIpc) is 2.96. The van der Waals surface area contributed by atoms with Crippen LogP contribution in [0.3, 0.4) is 0 Å². The summed E-state index contributed by atoms with van der Waals surface area (Å²) in [6.07, 6.45) is 1.16. The van der Waals surface area contributed by atoms with E-state index in [4.69, 9.17) is 32.7 Å². The van der Waals surface area contributed by atoms with Crippen molar-refractivity contribution in [3.63, 3.8) is 0 Å². The molecule has 0 radical (unpaired) electrons. The molecule has 40 heavy (non-hydrogen) atoms. The van der Waals surface area contributed by atoms with Crippen LogP contribution in [0, 0.1) is 11.2 Å². The number of anilines is 2. The Bertz CT molecular complexity index is 1420. The Labute approximate surface area is 242 Å². The molecule has 0 aromatic heterocycles. The number of rotatable bonds is 8. The zero-order chi connectivity index (χ0) is 28.4. The van der Waals surface area contributed by atoms with Crippen LogP contribution in [-0.2, 0) is 22.6 Å². The Morgan fingerprint density at radius 1 is 1.05 bits per heavy atom. The third kappa shape index (κ3) is 5.56. The van der Waals surface area contributed by atoms with E-state index >= 15 is 4.39 Å². The molecule has 0 aliphatic carbocycles. The largest absolute Gasteiger partial charge is 0.497 e. The van der Waals surface area contributed by atoms with Crippen LogP contribution in [0.4, 0.5) is 15.8 Å². The minimum atomic E-state index is -1.13. The molecule has 2 heterocycles. The molecule has 1 fully saturated rings. The first-order valence-corrected chi connectivity index (χ1v) is 13.8. The van der Waals surface area contributed by atoms with Gasteiger partial charge in [-0.3, -0.25) is 9.59 Å². The minimum absolute atomic E-state index is 0.0794. The highest BCUT2D eigenvalue weighted by molar-refractivity contribution is 6.35. The predicted molar refractivity (Wildman–Crippen MR) is 152 cm³/mol. The number of ether oxygens (including phenoxy) is 2. The quantitative estimate of drug-likeness (QED) is 0.330. The van der Waals surface area contributed by atoms with Crippen LogP contribution in [0.2, 0.25) is 10.0 Å². The molecule has 2 aliphatic heterocycles. The first-order valence-electron chi connectivity index (χ1n) is 13.0. The number of piperidine rings is 1. The SMILES string of the molecule is COc1ccc(CN2C(=O)CCc3c(OCC4(C(=O)O)CCN(c5cc(Cl)ccc5Cl)CC4)ccc(F)c32)cc1. The van der Waals surface area contributed by atoms with Crippen LogP contribution in [-0.4, -0.2) is 43.8 Å². The fourth-order valence-corrected chi connectivity index (χ4v) is 5.77. The first kappa shape index (κ1) is 28.1. The van der Waals surface area contributed by atoms with Crippen molar-refractivity contribution in [2.45, 2.75) is 32.2 Å². The Morgan fingerprint density at radius 2 is 1.77 bits per heavy atom. The van der Waals surface area contributed by atoms with Crippen molar-refractivity contribution in [3.8, 4) is 11.5 Å². The maximum Gasteiger partial charge on any atom is 0.313 e. The van der Waals surface area contributed by atoms with Gasteiger partial charge < -0.3 is 24.4 Å². The molecule has 1 amide bonds. The maximum atomic E-state index is 15.2. The van der Waals surface area contributed by atoms with Gasteiger partial charge in [-0.2, -0.15) is 0 Å². The highest BCUT2D eigenvalue weighted by Crippen LogP contribution is 2.41. The van der Waals surface area contributed by atoms with Gasteiger partial charge in [0.05, 0.1) is 30.1 Å². The van der Waals surface area contributed by atoms with Gasteiger partial charge in [0.1, 0.15) is 29.3 Å². The second-order valence-corrected chi connectivity index (χ2v) is 11.0. The fourth-order valence-electron chi connectivity index (χ4n) is 5.37. The van der Waals surface area contributed by atoms with E-state index in [2.05, 4.69) is 0 Å². The van der Waals surface area contributed by atoms with Gasteiger partial charge in [0, 0.05) is 30.1 Å². The molecule has 1 saturated heterocycles. The van der Waals surface area contributed by atoms with Crippen LogP contribution >= 0.6 is 23.2 Å². The molecule has 0 spiro atoms. The maximum absolute atomic E-state index is 15.2. The molecule has 0 atom stereocenters. The van der Waals surface area contributed by atoms with Gasteiger partial charge in [0.2, 0.25) is 5.91 Å². The molecule has 1 N–H and O–H groups in total. The summed E-state index contributed by atoms with van der Waals surface area (Å²) in [4.78, 5) is 28.8. The molecule has 7 nitrogen and oxygen atoms in total. The summed E-state index contributed by atoms with van der Waals surface area (Å²) in [7, 11) is 1.57. The Hall–Kier alpha value is -3.49. The van der Waals surface area contributed by atoms with Gasteiger partial charge in [0.15, 0.2) is 0 Å². The van der Waals surface area contributed by atoms with Crippen molar-refractivity contribution >= 4 is 46.5 Å². The number of hydrogen-bond donors (Lipinski definition) is 1. The van der Waals surface area contributed by atoms with Crippen molar-refractivity contribution in [1.82, 2.24) is 0 Å². The molecule has 0 saturated carbocycles. The van der Waals surface area contributed by atoms with Gasteiger partial charge in [-0.05, 0) is 67.3 Å². The normalized spacial score (nSPS) is 16.4. The number of aliphatic carboxylic acids is 1. The van der Waals surface area contributed by atoms with Gasteiger partial charge in [-0.25, -0.2) is 4.39 Å². The Morgan fingerprint density at radius 3 is 2.45 bits per heavy atom. The van der Waals surface area contributed by atoms with E-state index in [1.54, 1.807) is 37.4 Å².